The molecule has 190 valence electrons. The first kappa shape index (κ1) is 25.0. The third-order valence-corrected chi connectivity index (χ3v) is 7.52. The molecule has 1 aliphatic heterocycles. The average Bonchev–Trinajstić information content (AvgIpc) is 3.19. The van der Waals surface area contributed by atoms with Crippen molar-refractivity contribution in [3.05, 3.63) is 106 Å². The van der Waals surface area contributed by atoms with Gasteiger partial charge >= 0.3 is 0 Å². The fourth-order valence-electron chi connectivity index (χ4n) is 5.30. The monoisotopic (exact) mass is 519 g/mol. The number of benzene rings is 3. The molecule has 0 aromatic heterocycles. The van der Waals surface area contributed by atoms with Gasteiger partial charge in [0.25, 0.3) is 11.8 Å². The van der Waals surface area contributed by atoms with Gasteiger partial charge in [0.15, 0.2) is 0 Å². The van der Waals surface area contributed by atoms with Crippen LogP contribution in [0.5, 0.6) is 0 Å². The van der Waals surface area contributed by atoms with Crippen LogP contribution in [0.3, 0.4) is 0 Å². The molecular weight excluding hydrogens is 493 g/mol. The lowest BCUT2D eigenvalue weighted by molar-refractivity contribution is 0.0916. The Hall–Kier alpha value is -3.68. The van der Waals surface area contributed by atoms with Crippen molar-refractivity contribution in [3.8, 4) is 0 Å². The molecule has 0 radical (unpaired) electrons. The van der Waals surface area contributed by atoms with E-state index in [1.165, 1.54) is 12.1 Å². The lowest BCUT2D eigenvalue weighted by atomic mass is 9.77. The van der Waals surface area contributed by atoms with Crippen molar-refractivity contribution in [2.45, 2.75) is 25.7 Å². The molecule has 3 aromatic rings. The summed E-state index contributed by atoms with van der Waals surface area (Å²) in [6, 6.07) is 18.3. The van der Waals surface area contributed by atoms with Crippen LogP contribution in [-0.4, -0.2) is 25.5 Å². The van der Waals surface area contributed by atoms with Gasteiger partial charge in [-0.2, -0.15) is 0 Å². The normalized spacial score (nSPS) is 18.7. The molecule has 0 bridgehead atoms. The molecule has 2 N–H and O–H groups in total. The highest BCUT2D eigenvalue weighted by molar-refractivity contribution is 6.34. The number of allylic oxidation sites excluding steroid dienone is 2. The number of hydroxylamine groups is 1. The van der Waals surface area contributed by atoms with Gasteiger partial charge < -0.3 is 10.2 Å². The van der Waals surface area contributed by atoms with Crippen molar-refractivity contribution in [2.75, 3.05) is 23.9 Å². The van der Waals surface area contributed by atoms with Crippen molar-refractivity contribution in [1.82, 2.24) is 5.48 Å². The lowest BCUT2D eigenvalue weighted by Crippen LogP contribution is -2.35. The number of halogens is 2. The molecule has 0 saturated heterocycles. The summed E-state index contributed by atoms with van der Waals surface area (Å²) in [6.07, 6.45) is 5.78. The van der Waals surface area contributed by atoms with Crippen molar-refractivity contribution < 1.29 is 18.8 Å². The van der Waals surface area contributed by atoms with Crippen LogP contribution in [-0.2, 0) is 11.3 Å². The minimum absolute atomic E-state index is 0.0419. The third-order valence-electron chi connectivity index (χ3n) is 7.19. The van der Waals surface area contributed by atoms with E-state index in [-0.39, 0.29) is 21.9 Å². The minimum Gasteiger partial charge on any atom is -0.322 e. The van der Waals surface area contributed by atoms with Crippen molar-refractivity contribution in [1.29, 1.82) is 0 Å². The summed E-state index contributed by atoms with van der Waals surface area (Å²) in [6.45, 7) is 0.565. The molecule has 5 rings (SSSR count). The first-order valence-corrected chi connectivity index (χ1v) is 12.5. The second-order valence-electron chi connectivity index (χ2n) is 9.41. The molecule has 37 heavy (non-hydrogen) atoms. The lowest BCUT2D eigenvalue weighted by Gasteiger charge is -2.31. The van der Waals surface area contributed by atoms with E-state index in [1.54, 1.807) is 31.4 Å². The summed E-state index contributed by atoms with van der Waals surface area (Å²) in [5.41, 5.74) is 7.10. The second kappa shape index (κ2) is 10.4. The number of rotatable bonds is 5. The Kier molecular flexibility index (Phi) is 7.00. The van der Waals surface area contributed by atoms with Gasteiger partial charge in [-0.25, -0.2) is 4.39 Å². The van der Waals surface area contributed by atoms with Crippen LogP contribution >= 0.6 is 11.6 Å². The maximum atomic E-state index is 13.7. The van der Waals surface area contributed by atoms with E-state index < -0.39 is 11.7 Å². The first-order chi connectivity index (χ1) is 17.9. The van der Waals surface area contributed by atoms with Gasteiger partial charge in [-0.05, 0) is 79.8 Å². The predicted octanol–water partition coefficient (Wildman–Crippen LogP) is 6.14. The van der Waals surface area contributed by atoms with Gasteiger partial charge in [0.1, 0.15) is 5.82 Å². The Morgan fingerprint density at radius 1 is 1.05 bits per heavy atom. The standard InChI is InChI=1S/C29H27ClFN3O3/c1-37-33-26-7-4-14-29(26)15-16-34(25-6-3-2-5-20(25)18-29)28(36)19-8-11-22(12-9-19)32-27(35)23-17-21(31)10-13-24(23)30/h2-3,5-13,17,33H,4,14-16,18H2,1H3,(H,32,35). The molecule has 1 heterocycles. The maximum Gasteiger partial charge on any atom is 0.258 e. The Bertz CT molecular complexity index is 1380. The molecule has 1 spiro atoms. The van der Waals surface area contributed by atoms with E-state index in [2.05, 4.69) is 22.9 Å². The second-order valence-corrected chi connectivity index (χ2v) is 9.82. The highest BCUT2D eigenvalue weighted by Gasteiger charge is 2.41. The number of hydrogen-bond acceptors (Lipinski definition) is 4. The molecule has 1 unspecified atom stereocenters. The summed E-state index contributed by atoms with van der Waals surface area (Å²) in [7, 11) is 1.62. The van der Waals surface area contributed by atoms with Gasteiger partial charge in [-0.15, -0.1) is 0 Å². The van der Waals surface area contributed by atoms with E-state index in [9.17, 15) is 14.0 Å². The fraction of sp³-hybridized carbons (Fsp3) is 0.241. The van der Waals surface area contributed by atoms with E-state index in [0.29, 0.717) is 17.8 Å². The van der Waals surface area contributed by atoms with E-state index in [1.807, 2.05) is 23.1 Å². The smallest absolute Gasteiger partial charge is 0.258 e. The largest absolute Gasteiger partial charge is 0.322 e. The predicted molar refractivity (Wildman–Crippen MR) is 142 cm³/mol. The molecule has 0 saturated carbocycles. The summed E-state index contributed by atoms with van der Waals surface area (Å²) in [5, 5.41) is 2.86. The van der Waals surface area contributed by atoms with Gasteiger partial charge in [0, 0.05) is 34.6 Å². The number of hydrogen-bond donors (Lipinski definition) is 2. The number of nitrogens with zero attached hydrogens (tertiary/aromatic N) is 1. The van der Waals surface area contributed by atoms with Crippen LogP contribution in [0, 0.1) is 11.2 Å². The van der Waals surface area contributed by atoms with Crippen molar-refractivity contribution in [3.63, 3.8) is 0 Å². The SMILES string of the molecule is CONC1=CCCC12CCN(C(=O)c1ccc(NC(=O)c3cc(F)ccc3Cl)cc1)c1ccccc1C2. The van der Waals surface area contributed by atoms with Gasteiger partial charge in [-0.1, -0.05) is 35.9 Å². The quantitative estimate of drug-likeness (QED) is 0.397. The van der Waals surface area contributed by atoms with E-state index >= 15 is 0 Å². The molecule has 6 nitrogen and oxygen atoms in total. The van der Waals surface area contributed by atoms with Crippen molar-refractivity contribution in [2.24, 2.45) is 5.41 Å². The number of carbonyl (C=O) groups excluding carboxylic acids is 2. The number of para-hydroxylation sites is 1. The van der Waals surface area contributed by atoms with Gasteiger partial charge in [0.2, 0.25) is 0 Å². The number of fused-ring (bicyclic) bond motifs is 1. The van der Waals surface area contributed by atoms with Crippen LogP contribution in [0.25, 0.3) is 0 Å². The topological polar surface area (TPSA) is 70.7 Å². The molecule has 0 fully saturated rings. The van der Waals surface area contributed by atoms with Gasteiger partial charge in [0.05, 0.1) is 17.7 Å². The molecule has 3 aromatic carbocycles. The summed E-state index contributed by atoms with van der Waals surface area (Å²) < 4.78 is 13.6. The van der Waals surface area contributed by atoms with Crippen LogP contribution in [0.15, 0.2) is 78.5 Å². The highest BCUT2D eigenvalue weighted by Crippen LogP contribution is 2.47. The van der Waals surface area contributed by atoms with Crippen LogP contribution in [0.2, 0.25) is 5.02 Å². The molecule has 2 aliphatic rings. The van der Waals surface area contributed by atoms with E-state index in [4.69, 9.17) is 16.4 Å². The minimum atomic E-state index is -0.548. The number of carbonyl (C=O) groups is 2. The summed E-state index contributed by atoms with van der Waals surface area (Å²) in [5.74, 6) is -1.19. The molecular formula is C29H27ClFN3O3. The Morgan fingerprint density at radius 2 is 1.84 bits per heavy atom. The Morgan fingerprint density at radius 3 is 2.62 bits per heavy atom. The van der Waals surface area contributed by atoms with Gasteiger partial charge in [-0.3, -0.25) is 19.9 Å². The zero-order valence-corrected chi connectivity index (χ0v) is 21.1. The van der Waals surface area contributed by atoms with Crippen molar-refractivity contribution >= 4 is 34.8 Å². The zero-order chi connectivity index (χ0) is 26.0. The van der Waals surface area contributed by atoms with E-state index in [0.717, 1.165) is 48.7 Å². The maximum absolute atomic E-state index is 13.7. The number of anilines is 2. The number of amides is 2. The Labute approximate surface area is 220 Å². The molecule has 1 aliphatic carbocycles. The van der Waals surface area contributed by atoms with Crippen LogP contribution < -0.4 is 15.7 Å². The summed E-state index contributed by atoms with van der Waals surface area (Å²) >= 11 is 6.04. The molecule has 2 amide bonds. The third kappa shape index (κ3) is 4.97. The zero-order valence-electron chi connectivity index (χ0n) is 20.4. The fourth-order valence-corrected chi connectivity index (χ4v) is 5.51. The first-order valence-electron chi connectivity index (χ1n) is 12.2. The Balaban J connectivity index is 1.36. The van der Waals surface area contributed by atoms with Crippen LogP contribution in [0.1, 0.15) is 45.5 Å². The molecule has 1 atom stereocenters. The number of nitrogens with one attached hydrogen (secondary N) is 2. The highest BCUT2D eigenvalue weighted by atomic mass is 35.5. The average molecular weight is 520 g/mol. The molecule has 8 heteroatoms. The summed E-state index contributed by atoms with van der Waals surface area (Å²) in [4.78, 5) is 33.3. The van der Waals surface area contributed by atoms with Crippen LogP contribution in [0.4, 0.5) is 15.8 Å².